The number of ketones is 1. The number of nitriles is 1. The molecule has 1 aromatic carbocycles. The van der Waals surface area contributed by atoms with E-state index < -0.39 is 0 Å². The zero-order valence-electron chi connectivity index (χ0n) is 10.7. The minimum Gasteiger partial charge on any atom is -0.295 e. The molecule has 4 heteroatoms. The van der Waals surface area contributed by atoms with Gasteiger partial charge in [-0.15, -0.1) is 0 Å². The second-order valence-electron chi connectivity index (χ2n) is 4.29. The number of hydrogen-bond donors (Lipinski definition) is 0. The van der Waals surface area contributed by atoms with Crippen molar-refractivity contribution in [3.63, 3.8) is 0 Å². The van der Waals surface area contributed by atoms with Crippen molar-refractivity contribution in [2.24, 2.45) is 5.92 Å². The van der Waals surface area contributed by atoms with Gasteiger partial charge in [0.15, 0.2) is 5.78 Å². The maximum atomic E-state index is 12.1. The first-order valence-electron chi connectivity index (χ1n) is 5.97. The molecule has 0 amide bonds. The van der Waals surface area contributed by atoms with Gasteiger partial charge in [-0.1, -0.05) is 35.0 Å². The van der Waals surface area contributed by atoms with Gasteiger partial charge < -0.3 is 0 Å². The van der Waals surface area contributed by atoms with E-state index in [0.717, 1.165) is 11.0 Å². The number of Topliss-reactive ketones (excluding diaryl/α,β-unsaturated/α-hetero) is 1. The third-order valence-electron chi connectivity index (χ3n) is 2.71. The lowest BCUT2D eigenvalue weighted by Crippen LogP contribution is -2.33. The summed E-state index contributed by atoms with van der Waals surface area (Å²) in [6.07, 6.45) is 0. The first-order chi connectivity index (χ1) is 8.56. The van der Waals surface area contributed by atoms with Crippen LogP contribution in [0.4, 0.5) is 0 Å². The lowest BCUT2D eigenvalue weighted by atomic mass is 10.1. The van der Waals surface area contributed by atoms with E-state index >= 15 is 0 Å². The Hall–Kier alpha value is -1.18. The Labute approximate surface area is 117 Å². The van der Waals surface area contributed by atoms with Gasteiger partial charge in [-0.25, -0.2) is 0 Å². The molecule has 0 radical (unpaired) electrons. The van der Waals surface area contributed by atoms with Gasteiger partial charge in [-0.05, 0) is 25.6 Å². The summed E-state index contributed by atoms with van der Waals surface area (Å²) in [6, 6.07) is 9.58. The highest BCUT2D eigenvalue weighted by Gasteiger charge is 2.13. The smallest absolute Gasteiger partial charge is 0.176 e. The van der Waals surface area contributed by atoms with Crippen LogP contribution in [0.2, 0.25) is 0 Å². The van der Waals surface area contributed by atoms with Crippen molar-refractivity contribution < 1.29 is 4.79 Å². The number of carbonyl (C=O) groups is 1. The van der Waals surface area contributed by atoms with Crippen LogP contribution in [0.25, 0.3) is 0 Å². The van der Waals surface area contributed by atoms with Gasteiger partial charge >= 0.3 is 0 Å². The van der Waals surface area contributed by atoms with Crippen LogP contribution in [0.1, 0.15) is 24.2 Å². The van der Waals surface area contributed by atoms with Crippen molar-refractivity contribution in [2.45, 2.75) is 13.8 Å². The first-order valence-corrected chi connectivity index (χ1v) is 6.76. The molecule has 0 aliphatic heterocycles. The lowest BCUT2D eigenvalue weighted by Gasteiger charge is -2.20. The van der Waals surface area contributed by atoms with Crippen LogP contribution in [-0.2, 0) is 0 Å². The molecule has 0 saturated carbocycles. The van der Waals surface area contributed by atoms with Gasteiger partial charge in [-0.3, -0.25) is 9.69 Å². The van der Waals surface area contributed by atoms with E-state index in [2.05, 4.69) is 22.0 Å². The maximum Gasteiger partial charge on any atom is 0.176 e. The minimum atomic E-state index is -0.0553. The predicted octanol–water partition coefficient (Wildman–Crippen LogP) is 3.11. The van der Waals surface area contributed by atoms with Gasteiger partial charge in [0.1, 0.15) is 0 Å². The molecule has 0 saturated heterocycles. The number of likely N-dealkylation sites (N-methyl/N-ethyl adjacent to an activating group) is 1. The van der Waals surface area contributed by atoms with E-state index in [-0.39, 0.29) is 11.7 Å². The van der Waals surface area contributed by atoms with E-state index in [4.69, 9.17) is 5.26 Å². The topological polar surface area (TPSA) is 44.1 Å². The first kappa shape index (κ1) is 14.9. The summed E-state index contributed by atoms with van der Waals surface area (Å²) in [5.74, 6) is 0.0311. The van der Waals surface area contributed by atoms with Gasteiger partial charge in [0, 0.05) is 16.6 Å². The second-order valence-corrected chi connectivity index (χ2v) is 5.21. The lowest BCUT2D eigenvalue weighted by molar-refractivity contribution is 0.0929. The Morgan fingerprint density at radius 1 is 1.56 bits per heavy atom. The summed E-state index contributed by atoms with van der Waals surface area (Å²) in [6.45, 7) is 5.63. The van der Waals surface area contributed by atoms with Crippen molar-refractivity contribution in [3.8, 4) is 6.07 Å². The van der Waals surface area contributed by atoms with Crippen LogP contribution in [0, 0.1) is 17.2 Å². The summed E-state index contributed by atoms with van der Waals surface area (Å²) in [4.78, 5) is 14.1. The molecule has 1 aromatic rings. The molecule has 1 unspecified atom stereocenters. The minimum absolute atomic E-state index is 0.0553. The third-order valence-corrected chi connectivity index (χ3v) is 3.21. The molecular weight excluding hydrogens is 292 g/mol. The van der Waals surface area contributed by atoms with Crippen molar-refractivity contribution in [1.29, 1.82) is 5.26 Å². The number of halogens is 1. The van der Waals surface area contributed by atoms with E-state index in [0.29, 0.717) is 18.7 Å². The molecule has 1 rings (SSSR count). The summed E-state index contributed by atoms with van der Waals surface area (Å²) >= 11 is 3.36. The molecule has 0 spiro atoms. The van der Waals surface area contributed by atoms with E-state index in [1.54, 1.807) is 0 Å². The molecule has 0 N–H and O–H groups in total. The van der Waals surface area contributed by atoms with E-state index in [1.807, 2.05) is 43.0 Å². The largest absolute Gasteiger partial charge is 0.295 e. The summed E-state index contributed by atoms with van der Waals surface area (Å²) in [5.41, 5.74) is 0.701. The fraction of sp³-hybridized carbons (Fsp3) is 0.429. The van der Waals surface area contributed by atoms with Crippen LogP contribution >= 0.6 is 15.9 Å². The normalized spacial score (nSPS) is 12.2. The molecule has 0 bridgehead atoms. The number of carbonyl (C=O) groups excluding carboxylic acids is 1. The Kier molecular flexibility index (Phi) is 6.03. The zero-order chi connectivity index (χ0) is 13.5. The van der Waals surface area contributed by atoms with Crippen LogP contribution in [-0.4, -0.2) is 30.3 Å². The van der Waals surface area contributed by atoms with E-state index in [9.17, 15) is 4.79 Å². The molecule has 0 aromatic heterocycles. The van der Waals surface area contributed by atoms with Crippen LogP contribution in [0.3, 0.4) is 0 Å². The standard InChI is InChI=1S/C14H17BrN2O/c1-3-17(9-11(2)8-16)10-14(18)12-5-4-6-13(15)7-12/h4-7,11H,3,9-10H2,1-2H3. The number of benzene rings is 1. The number of hydrogen-bond acceptors (Lipinski definition) is 3. The molecule has 0 fully saturated rings. The fourth-order valence-electron chi connectivity index (χ4n) is 1.69. The Balaban J connectivity index is 2.65. The van der Waals surface area contributed by atoms with Crippen LogP contribution in [0.5, 0.6) is 0 Å². The SMILES string of the molecule is CCN(CC(=O)c1cccc(Br)c1)CC(C)C#N. The average molecular weight is 309 g/mol. The Bertz CT molecular complexity index is 453. The average Bonchev–Trinajstić information content (AvgIpc) is 2.37. The van der Waals surface area contributed by atoms with Crippen molar-refractivity contribution >= 4 is 21.7 Å². The highest BCUT2D eigenvalue weighted by atomic mass is 79.9. The van der Waals surface area contributed by atoms with Crippen molar-refractivity contribution in [3.05, 3.63) is 34.3 Å². The highest BCUT2D eigenvalue weighted by molar-refractivity contribution is 9.10. The zero-order valence-corrected chi connectivity index (χ0v) is 12.3. The van der Waals surface area contributed by atoms with Gasteiger partial charge in [0.05, 0.1) is 18.5 Å². The molecule has 0 aliphatic rings. The second kappa shape index (κ2) is 7.30. The fourth-order valence-corrected chi connectivity index (χ4v) is 2.09. The number of rotatable bonds is 6. The molecule has 18 heavy (non-hydrogen) atoms. The number of nitrogens with zero attached hydrogens (tertiary/aromatic N) is 2. The van der Waals surface area contributed by atoms with Crippen LogP contribution in [0.15, 0.2) is 28.7 Å². The summed E-state index contributed by atoms with van der Waals surface area (Å²) in [5, 5.41) is 8.80. The predicted molar refractivity (Wildman–Crippen MR) is 75.4 cm³/mol. The molecule has 0 aliphatic carbocycles. The summed E-state index contributed by atoms with van der Waals surface area (Å²) < 4.78 is 0.904. The van der Waals surface area contributed by atoms with Gasteiger partial charge in [0.2, 0.25) is 0 Å². The van der Waals surface area contributed by atoms with Crippen molar-refractivity contribution in [1.82, 2.24) is 4.90 Å². The third kappa shape index (κ3) is 4.59. The molecule has 96 valence electrons. The maximum absolute atomic E-state index is 12.1. The monoisotopic (exact) mass is 308 g/mol. The summed E-state index contributed by atoms with van der Waals surface area (Å²) in [7, 11) is 0. The van der Waals surface area contributed by atoms with Crippen LogP contribution < -0.4 is 0 Å². The molecule has 1 atom stereocenters. The highest BCUT2D eigenvalue weighted by Crippen LogP contribution is 2.12. The molecule has 3 nitrogen and oxygen atoms in total. The molecule has 0 heterocycles. The van der Waals surface area contributed by atoms with Crippen molar-refractivity contribution in [2.75, 3.05) is 19.6 Å². The Morgan fingerprint density at radius 2 is 2.28 bits per heavy atom. The Morgan fingerprint density at radius 3 is 2.83 bits per heavy atom. The van der Waals surface area contributed by atoms with Gasteiger partial charge in [-0.2, -0.15) is 5.26 Å². The quantitative estimate of drug-likeness (QED) is 0.758. The van der Waals surface area contributed by atoms with Gasteiger partial charge in [0.25, 0.3) is 0 Å². The molecular formula is C14H17BrN2O. The van der Waals surface area contributed by atoms with E-state index in [1.165, 1.54) is 0 Å².